The molecule has 1 aromatic rings. The number of carboxylic acids is 1. The highest BCUT2D eigenvalue weighted by Crippen LogP contribution is 2.17. The molecular formula is C12H19NO2S2. The third kappa shape index (κ3) is 6.10. The van der Waals surface area contributed by atoms with Gasteiger partial charge in [0.15, 0.2) is 0 Å². The molecule has 0 spiro atoms. The van der Waals surface area contributed by atoms with Crippen molar-refractivity contribution in [2.24, 2.45) is 5.92 Å². The zero-order valence-electron chi connectivity index (χ0n) is 10.2. The maximum atomic E-state index is 10.5. The van der Waals surface area contributed by atoms with Crippen molar-refractivity contribution in [2.45, 2.75) is 19.9 Å². The number of thioether (sulfide) groups is 1. The molecule has 0 aliphatic carbocycles. The van der Waals surface area contributed by atoms with Crippen LogP contribution < -0.4 is 5.32 Å². The van der Waals surface area contributed by atoms with E-state index in [2.05, 4.69) is 18.5 Å². The Hall–Kier alpha value is -0.520. The van der Waals surface area contributed by atoms with Crippen LogP contribution in [0.15, 0.2) is 12.1 Å². The van der Waals surface area contributed by atoms with Gasteiger partial charge < -0.3 is 10.4 Å². The van der Waals surface area contributed by atoms with Crippen LogP contribution in [0.5, 0.6) is 0 Å². The quantitative estimate of drug-likeness (QED) is 0.764. The first-order valence-corrected chi connectivity index (χ1v) is 7.82. The summed E-state index contributed by atoms with van der Waals surface area (Å²) in [5.41, 5.74) is 0. The molecule has 0 aromatic carbocycles. The van der Waals surface area contributed by atoms with E-state index in [0.29, 0.717) is 5.92 Å². The molecule has 0 bridgehead atoms. The smallest absolute Gasteiger partial charge is 0.308 e. The number of hydrogen-bond donors (Lipinski definition) is 2. The van der Waals surface area contributed by atoms with Crippen LogP contribution in [0.1, 0.15) is 16.7 Å². The first kappa shape index (κ1) is 14.5. The van der Waals surface area contributed by atoms with E-state index < -0.39 is 5.97 Å². The molecule has 0 saturated carbocycles. The molecular weight excluding hydrogens is 254 g/mol. The van der Waals surface area contributed by atoms with Crippen molar-refractivity contribution < 1.29 is 9.90 Å². The van der Waals surface area contributed by atoms with Crippen LogP contribution in [0, 0.1) is 5.92 Å². The van der Waals surface area contributed by atoms with E-state index in [4.69, 9.17) is 5.11 Å². The highest BCUT2D eigenvalue weighted by molar-refractivity contribution is 7.98. The fourth-order valence-electron chi connectivity index (χ4n) is 1.55. The molecule has 5 heteroatoms. The van der Waals surface area contributed by atoms with Crippen molar-refractivity contribution in [2.75, 3.05) is 18.6 Å². The second-order valence-electron chi connectivity index (χ2n) is 4.13. The Balaban J connectivity index is 2.27. The summed E-state index contributed by atoms with van der Waals surface area (Å²) in [5.74, 6) is 1.07. The lowest BCUT2D eigenvalue weighted by molar-refractivity contribution is -0.136. The first-order valence-electron chi connectivity index (χ1n) is 5.61. The molecule has 1 rings (SSSR count). The Bertz CT molecular complexity index is 352. The summed E-state index contributed by atoms with van der Waals surface area (Å²) in [6, 6.07) is 3.91. The van der Waals surface area contributed by atoms with Crippen LogP contribution in [-0.4, -0.2) is 29.6 Å². The third-order valence-corrected chi connectivity index (χ3v) is 4.27. The average molecular weight is 273 g/mol. The third-order valence-electron chi connectivity index (χ3n) is 2.29. The van der Waals surface area contributed by atoms with E-state index in [1.807, 2.05) is 23.9 Å². The van der Waals surface area contributed by atoms with E-state index in [1.165, 1.54) is 10.6 Å². The van der Waals surface area contributed by atoms with Crippen molar-refractivity contribution in [3.8, 4) is 0 Å². The summed E-state index contributed by atoms with van der Waals surface area (Å²) >= 11 is 3.44. The lowest BCUT2D eigenvalue weighted by atomic mass is 10.2. The zero-order chi connectivity index (χ0) is 12.7. The zero-order valence-corrected chi connectivity index (χ0v) is 11.9. The molecule has 2 N–H and O–H groups in total. The van der Waals surface area contributed by atoms with Crippen LogP contribution in [0.3, 0.4) is 0 Å². The Morgan fingerprint density at radius 1 is 1.53 bits per heavy atom. The summed E-state index contributed by atoms with van der Waals surface area (Å²) in [6.07, 6.45) is 2.25. The van der Waals surface area contributed by atoms with Crippen LogP contribution >= 0.6 is 23.1 Å². The maximum Gasteiger partial charge on any atom is 0.308 e. The minimum absolute atomic E-state index is 0.132. The lowest BCUT2D eigenvalue weighted by Gasteiger charge is -2.09. The summed E-state index contributed by atoms with van der Waals surface area (Å²) in [7, 11) is 0. The summed E-state index contributed by atoms with van der Waals surface area (Å²) < 4.78 is 0. The number of hydrogen-bond acceptors (Lipinski definition) is 4. The van der Waals surface area contributed by atoms with Crippen molar-refractivity contribution in [1.82, 2.24) is 5.32 Å². The van der Waals surface area contributed by atoms with Crippen molar-refractivity contribution >= 4 is 29.1 Å². The Morgan fingerprint density at radius 2 is 2.24 bits per heavy atom. The number of rotatable bonds is 8. The summed E-state index contributed by atoms with van der Waals surface area (Å²) in [5, 5.41) is 12.1. The molecule has 1 unspecified atom stereocenters. The molecule has 1 atom stereocenters. The highest BCUT2D eigenvalue weighted by Gasteiger charge is 2.05. The summed E-state index contributed by atoms with van der Waals surface area (Å²) in [6.45, 7) is 4.07. The molecule has 3 nitrogen and oxygen atoms in total. The molecule has 0 fully saturated rings. The van der Waals surface area contributed by atoms with Crippen LogP contribution in [0.25, 0.3) is 0 Å². The fraction of sp³-hybridized carbons (Fsp3) is 0.583. The maximum absolute atomic E-state index is 10.5. The Kier molecular flexibility index (Phi) is 6.62. The van der Waals surface area contributed by atoms with Gasteiger partial charge >= 0.3 is 5.97 Å². The van der Waals surface area contributed by atoms with E-state index in [9.17, 15) is 4.79 Å². The van der Waals surface area contributed by atoms with Gasteiger partial charge in [0.05, 0.1) is 6.42 Å². The first-order chi connectivity index (χ1) is 8.11. The minimum Gasteiger partial charge on any atom is -0.481 e. The van der Waals surface area contributed by atoms with Gasteiger partial charge in [0, 0.05) is 16.3 Å². The molecule has 1 heterocycles. The lowest BCUT2D eigenvalue weighted by Crippen LogP contribution is -2.21. The van der Waals surface area contributed by atoms with Gasteiger partial charge in [-0.1, -0.05) is 6.92 Å². The van der Waals surface area contributed by atoms with Crippen LogP contribution in [0.4, 0.5) is 0 Å². The second-order valence-corrected chi connectivity index (χ2v) is 6.29. The largest absolute Gasteiger partial charge is 0.481 e. The fourth-order valence-corrected chi connectivity index (χ4v) is 3.21. The van der Waals surface area contributed by atoms with Crippen molar-refractivity contribution in [3.63, 3.8) is 0 Å². The molecule has 17 heavy (non-hydrogen) atoms. The monoisotopic (exact) mass is 273 g/mol. The molecule has 0 radical (unpaired) electrons. The van der Waals surface area contributed by atoms with Crippen molar-refractivity contribution in [1.29, 1.82) is 0 Å². The normalized spacial score (nSPS) is 12.6. The number of thiophene rings is 1. The van der Waals surface area contributed by atoms with Gasteiger partial charge in [0.2, 0.25) is 0 Å². The van der Waals surface area contributed by atoms with Gasteiger partial charge in [0.25, 0.3) is 0 Å². The molecule has 1 aromatic heterocycles. The Morgan fingerprint density at radius 3 is 2.88 bits per heavy atom. The van der Waals surface area contributed by atoms with Crippen LogP contribution in [0.2, 0.25) is 0 Å². The second kappa shape index (κ2) is 7.74. The van der Waals surface area contributed by atoms with Gasteiger partial charge in [-0.05, 0) is 36.6 Å². The highest BCUT2D eigenvalue weighted by atomic mass is 32.2. The topological polar surface area (TPSA) is 49.3 Å². The molecule has 96 valence electrons. The van der Waals surface area contributed by atoms with E-state index in [1.54, 1.807) is 11.3 Å². The minimum atomic E-state index is -0.764. The Labute approximate surface area is 111 Å². The molecule has 0 amide bonds. The molecule has 0 aliphatic heterocycles. The van der Waals surface area contributed by atoms with Gasteiger partial charge in [0.1, 0.15) is 0 Å². The van der Waals surface area contributed by atoms with Crippen LogP contribution in [-0.2, 0) is 17.8 Å². The van der Waals surface area contributed by atoms with Gasteiger partial charge in [-0.15, -0.1) is 11.3 Å². The summed E-state index contributed by atoms with van der Waals surface area (Å²) in [4.78, 5) is 12.7. The predicted octanol–water partition coefficient (Wildman–Crippen LogP) is 2.46. The van der Waals surface area contributed by atoms with E-state index in [0.717, 1.165) is 18.0 Å². The van der Waals surface area contributed by atoms with Gasteiger partial charge in [-0.3, -0.25) is 4.79 Å². The van der Waals surface area contributed by atoms with Gasteiger partial charge in [-0.2, -0.15) is 11.8 Å². The predicted molar refractivity (Wildman–Crippen MR) is 74.9 cm³/mol. The van der Waals surface area contributed by atoms with Gasteiger partial charge in [-0.25, -0.2) is 0 Å². The number of carboxylic acid groups (broad SMARTS) is 1. The van der Waals surface area contributed by atoms with Crippen molar-refractivity contribution in [3.05, 3.63) is 21.9 Å². The number of carbonyl (C=O) groups is 1. The van der Waals surface area contributed by atoms with E-state index >= 15 is 0 Å². The molecule has 0 aliphatic rings. The average Bonchev–Trinajstić information content (AvgIpc) is 2.65. The number of aliphatic carboxylic acids is 1. The SMILES string of the molecule is CSCC(C)CNCc1ccc(CC(=O)O)s1. The van der Waals surface area contributed by atoms with E-state index in [-0.39, 0.29) is 6.42 Å². The molecule has 0 saturated heterocycles. The standard InChI is InChI=1S/C12H19NO2S2/c1-9(8-16-2)6-13-7-11-4-3-10(17-11)5-12(14)15/h3-4,9,13H,5-8H2,1-2H3,(H,14,15). The number of nitrogens with one attached hydrogen (secondary N) is 1.